The van der Waals surface area contributed by atoms with Gasteiger partial charge in [-0.1, -0.05) is 24.7 Å². The zero-order valence-corrected chi connectivity index (χ0v) is 16.3. The van der Waals surface area contributed by atoms with Gasteiger partial charge in [-0.25, -0.2) is 18.5 Å². The van der Waals surface area contributed by atoms with Crippen molar-refractivity contribution < 1.29 is 17.9 Å². The molecular formula is C18H19N3O4S2. The van der Waals surface area contributed by atoms with Crippen LogP contribution < -0.4 is 15.2 Å². The van der Waals surface area contributed by atoms with Crippen molar-refractivity contribution in [3.8, 4) is 5.75 Å². The van der Waals surface area contributed by atoms with Crippen LogP contribution in [0.2, 0.25) is 0 Å². The lowest BCUT2D eigenvalue weighted by Gasteiger charge is -2.06. The highest BCUT2D eigenvalue weighted by Crippen LogP contribution is 2.28. The van der Waals surface area contributed by atoms with Gasteiger partial charge in [0.25, 0.3) is 5.91 Å². The second-order valence-electron chi connectivity index (χ2n) is 5.87. The molecule has 0 aliphatic carbocycles. The van der Waals surface area contributed by atoms with Crippen LogP contribution in [0.25, 0.3) is 10.2 Å². The normalized spacial score (nSPS) is 11.5. The summed E-state index contributed by atoms with van der Waals surface area (Å²) in [5.41, 5.74) is 1.06. The maximum Gasteiger partial charge on any atom is 0.257 e. The number of nitrogens with two attached hydrogens (primary N) is 1. The molecule has 0 fully saturated rings. The molecule has 0 atom stereocenters. The third kappa shape index (κ3) is 4.82. The lowest BCUT2D eigenvalue weighted by atomic mass is 10.2. The van der Waals surface area contributed by atoms with E-state index in [0.717, 1.165) is 18.6 Å². The Kier molecular flexibility index (Phi) is 5.73. The van der Waals surface area contributed by atoms with Crippen molar-refractivity contribution >= 4 is 42.6 Å². The number of amides is 1. The number of unbranched alkanes of at least 4 members (excludes halogenated alkanes) is 1. The fourth-order valence-corrected chi connectivity index (χ4v) is 3.86. The molecule has 0 bridgehead atoms. The number of carbonyl (C=O) groups is 1. The molecule has 1 heterocycles. The first kappa shape index (κ1) is 19.3. The molecule has 27 heavy (non-hydrogen) atoms. The summed E-state index contributed by atoms with van der Waals surface area (Å²) >= 11 is 1.18. The van der Waals surface area contributed by atoms with E-state index < -0.39 is 10.0 Å². The second-order valence-corrected chi connectivity index (χ2v) is 8.47. The third-order valence-corrected chi connectivity index (χ3v) is 5.64. The van der Waals surface area contributed by atoms with Gasteiger partial charge >= 0.3 is 0 Å². The molecule has 2 aromatic carbocycles. The van der Waals surface area contributed by atoms with Gasteiger partial charge in [-0.3, -0.25) is 10.1 Å². The molecule has 0 unspecified atom stereocenters. The Hall–Kier alpha value is -2.49. The van der Waals surface area contributed by atoms with E-state index in [9.17, 15) is 13.2 Å². The second kappa shape index (κ2) is 8.03. The molecule has 0 saturated carbocycles. The minimum absolute atomic E-state index is 0.00943. The largest absolute Gasteiger partial charge is 0.494 e. The van der Waals surface area contributed by atoms with Crippen molar-refractivity contribution in [3.05, 3.63) is 48.0 Å². The highest BCUT2D eigenvalue weighted by atomic mass is 32.2. The van der Waals surface area contributed by atoms with E-state index in [1.165, 1.54) is 23.5 Å². The van der Waals surface area contributed by atoms with Crippen molar-refractivity contribution in [2.24, 2.45) is 5.14 Å². The van der Waals surface area contributed by atoms with Crippen molar-refractivity contribution in [1.82, 2.24) is 4.98 Å². The number of sulfonamides is 1. The molecule has 0 radical (unpaired) electrons. The molecule has 0 aliphatic heterocycles. The molecular weight excluding hydrogens is 386 g/mol. The number of carbonyl (C=O) groups excluding carboxylic acids is 1. The molecule has 3 rings (SSSR count). The molecule has 0 aliphatic rings. The highest BCUT2D eigenvalue weighted by Gasteiger charge is 2.13. The van der Waals surface area contributed by atoms with Crippen molar-refractivity contribution in [2.45, 2.75) is 24.7 Å². The number of hydrogen-bond acceptors (Lipinski definition) is 6. The Morgan fingerprint density at radius 1 is 1.22 bits per heavy atom. The van der Waals surface area contributed by atoms with Gasteiger partial charge in [0.15, 0.2) is 5.13 Å². The Labute approximate surface area is 161 Å². The van der Waals surface area contributed by atoms with Crippen LogP contribution in [-0.2, 0) is 10.0 Å². The van der Waals surface area contributed by atoms with E-state index in [0.29, 0.717) is 27.5 Å². The minimum atomic E-state index is -3.78. The highest BCUT2D eigenvalue weighted by molar-refractivity contribution is 7.89. The van der Waals surface area contributed by atoms with Crippen LogP contribution in [0.1, 0.15) is 30.1 Å². The summed E-state index contributed by atoms with van der Waals surface area (Å²) in [5, 5.41) is 8.24. The molecule has 3 N–H and O–H groups in total. The smallest absolute Gasteiger partial charge is 0.257 e. The van der Waals surface area contributed by atoms with E-state index in [-0.39, 0.29) is 10.8 Å². The maximum absolute atomic E-state index is 12.4. The average Bonchev–Trinajstić information content (AvgIpc) is 3.03. The zero-order chi connectivity index (χ0) is 19.4. The van der Waals surface area contributed by atoms with Crippen LogP contribution in [0.4, 0.5) is 5.13 Å². The number of fused-ring (bicyclic) bond motifs is 1. The number of anilines is 1. The number of hydrogen-bond donors (Lipinski definition) is 2. The van der Waals surface area contributed by atoms with E-state index in [2.05, 4.69) is 17.2 Å². The fraction of sp³-hybridized carbons (Fsp3) is 0.222. The number of thiazole rings is 1. The van der Waals surface area contributed by atoms with Crippen LogP contribution in [0.15, 0.2) is 47.4 Å². The first-order chi connectivity index (χ1) is 12.9. The Morgan fingerprint density at radius 3 is 2.63 bits per heavy atom. The molecule has 3 aromatic rings. The SMILES string of the molecule is CCCCOc1ccc(C(=O)Nc2nc3ccc(S(N)(=O)=O)cc3s2)cc1. The van der Waals surface area contributed by atoms with Crippen LogP contribution in [0, 0.1) is 0 Å². The zero-order valence-electron chi connectivity index (χ0n) is 14.6. The molecule has 1 amide bonds. The summed E-state index contributed by atoms with van der Waals surface area (Å²) in [6, 6.07) is 11.3. The number of nitrogens with one attached hydrogen (secondary N) is 1. The molecule has 0 spiro atoms. The lowest BCUT2D eigenvalue weighted by molar-refractivity contribution is 0.102. The average molecular weight is 406 g/mol. The monoisotopic (exact) mass is 405 g/mol. The van der Waals surface area contributed by atoms with Crippen molar-refractivity contribution in [3.63, 3.8) is 0 Å². The van der Waals surface area contributed by atoms with E-state index in [1.807, 2.05) is 0 Å². The van der Waals surface area contributed by atoms with Crippen LogP contribution >= 0.6 is 11.3 Å². The van der Waals surface area contributed by atoms with Gasteiger partial charge in [-0.2, -0.15) is 0 Å². The van der Waals surface area contributed by atoms with Gasteiger partial charge in [0.1, 0.15) is 5.75 Å². The lowest BCUT2D eigenvalue weighted by Crippen LogP contribution is -2.11. The molecule has 142 valence electrons. The van der Waals surface area contributed by atoms with Gasteiger partial charge < -0.3 is 4.74 Å². The van der Waals surface area contributed by atoms with Crippen molar-refractivity contribution in [2.75, 3.05) is 11.9 Å². The van der Waals surface area contributed by atoms with Gasteiger partial charge in [-0.15, -0.1) is 0 Å². The van der Waals surface area contributed by atoms with Crippen molar-refractivity contribution in [1.29, 1.82) is 0 Å². The topological polar surface area (TPSA) is 111 Å². The maximum atomic E-state index is 12.4. The molecule has 7 nitrogen and oxygen atoms in total. The minimum Gasteiger partial charge on any atom is -0.494 e. The number of benzene rings is 2. The first-order valence-electron chi connectivity index (χ1n) is 8.34. The Bertz CT molecular complexity index is 1060. The van der Waals surface area contributed by atoms with E-state index >= 15 is 0 Å². The quantitative estimate of drug-likeness (QED) is 0.585. The number of nitrogens with zero attached hydrogens (tertiary/aromatic N) is 1. The third-order valence-electron chi connectivity index (χ3n) is 3.79. The van der Waals surface area contributed by atoms with Crippen LogP contribution in [0.3, 0.4) is 0 Å². The summed E-state index contributed by atoms with van der Waals surface area (Å²) in [4.78, 5) is 16.7. The molecule has 0 saturated heterocycles. The fourth-order valence-electron chi connectivity index (χ4n) is 2.34. The van der Waals surface area contributed by atoms with Gasteiger partial charge in [0, 0.05) is 5.56 Å². The standard InChI is InChI=1S/C18H19N3O4S2/c1-2-3-10-25-13-6-4-12(5-7-13)17(22)21-18-20-15-9-8-14(27(19,23)24)11-16(15)26-18/h4-9,11H,2-3,10H2,1H3,(H2,19,23,24)(H,20,21,22). The Balaban J connectivity index is 1.72. The van der Waals surface area contributed by atoms with Crippen LogP contribution in [-0.4, -0.2) is 25.9 Å². The summed E-state index contributed by atoms with van der Waals surface area (Å²) in [7, 11) is -3.78. The van der Waals surface area contributed by atoms with Gasteiger partial charge in [0.05, 0.1) is 21.7 Å². The summed E-state index contributed by atoms with van der Waals surface area (Å²) in [5.74, 6) is 0.413. The number of rotatable bonds is 7. The Morgan fingerprint density at radius 2 is 1.96 bits per heavy atom. The number of aromatic nitrogens is 1. The van der Waals surface area contributed by atoms with E-state index in [1.54, 1.807) is 30.3 Å². The number of ether oxygens (including phenoxy) is 1. The summed E-state index contributed by atoms with van der Waals surface area (Å²) in [6.45, 7) is 2.74. The first-order valence-corrected chi connectivity index (χ1v) is 10.7. The van der Waals surface area contributed by atoms with Gasteiger partial charge in [0.2, 0.25) is 10.0 Å². The van der Waals surface area contributed by atoms with Gasteiger partial charge in [-0.05, 0) is 48.9 Å². The molecule has 1 aromatic heterocycles. The molecule has 9 heteroatoms. The predicted octanol–water partition coefficient (Wildman–Crippen LogP) is 3.37. The summed E-state index contributed by atoms with van der Waals surface area (Å²) < 4.78 is 29.1. The van der Waals surface area contributed by atoms with E-state index in [4.69, 9.17) is 9.88 Å². The predicted molar refractivity (Wildman–Crippen MR) is 106 cm³/mol. The van der Waals surface area contributed by atoms with Crippen LogP contribution in [0.5, 0.6) is 5.75 Å². The number of primary sulfonamides is 1. The summed E-state index contributed by atoms with van der Waals surface area (Å²) in [6.07, 6.45) is 2.04.